The number of anilines is 6. The van der Waals surface area contributed by atoms with E-state index >= 15 is 0 Å². The van der Waals surface area contributed by atoms with E-state index in [1.807, 2.05) is 0 Å². The molecule has 0 amide bonds. The zero-order valence-corrected chi connectivity index (χ0v) is 87.9. The Hall–Kier alpha value is -10.9. The molecule has 5 heteroatoms. The minimum atomic E-state index is -0.271. The summed E-state index contributed by atoms with van der Waals surface area (Å²) in [6.07, 6.45) is 6.44. The van der Waals surface area contributed by atoms with Gasteiger partial charge in [0, 0.05) is 66.8 Å². The van der Waals surface area contributed by atoms with Gasteiger partial charge in [0.15, 0.2) is 0 Å². The number of fused-ring (bicyclic) bond motifs is 10. The van der Waals surface area contributed by atoms with Gasteiger partial charge < -0.3 is 18.9 Å². The van der Waals surface area contributed by atoms with Gasteiger partial charge in [-0.3, -0.25) is 0 Å². The summed E-state index contributed by atoms with van der Waals surface area (Å²) in [4.78, 5) is 5.66. The van der Waals surface area contributed by atoms with Crippen molar-refractivity contribution in [1.82, 2.24) is 9.13 Å². The molecular weight excluding hydrogens is 1620 g/mol. The van der Waals surface area contributed by atoms with Gasteiger partial charge in [0.05, 0.1) is 33.4 Å². The largest absolute Gasteiger partial charge is 0.311 e. The first kappa shape index (κ1) is 94.9. The molecule has 17 rings (SSSR count). The first-order valence-corrected chi connectivity index (χ1v) is 50.2. The average molecular weight is 1770 g/mol. The molecule has 2 aromatic heterocycles. The third-order valence-corrected chi connectivity index (χ3v) is 27.6. The third-order valence-electron chi connectivity index (χ3n) is 27.6. The lowest BCUT2D eigenvalue weighted by Crippen LogP contribution is -2.61. The van der Waals surface area contributed by atoms with Crippen LogP contribution in [0.2, 0.25) is 0 Å². The number of nitrogens with zero attached hydrogens (tertiary/aromatic N) is 4. The van der Waals surface area contributed by atoms with Crippen LogP contribution in [-0.2, 0) is 66.6 Å². The Labute approximate surface area is 807 Å². The molecule has 13 aromatic carbocycles. The van der Waals surface area contributed by atoms with Crippen molar-refractivity contribution in [3.63, 3.8) is 0 Å². The van der Waals surface area contributed by atoms with Crippen LogP contribution in [0.4, 0.5) is 34.1 Å². The van der Waals surface area contributed by atoms with Gasteiger partial charge in [-0.05, 0) is 325 Å². The molecule has 134 heavy (non-hydrogen) atoms. The van der Waals surface area contributed by atoms with Gasteiger partial charge in [0.2, 0.25) is 0 Å². The zero-order valence-electron chi connectivity index (χ0n) is 87.9. The average Bonchev–Trinajstić information content (AvgIpc) is 0.810. The Bertz CT molecular complexity index is 6540. The Morgan fingerprint density at radius 2 is 0.470 bits per heavy atom. The normalized spacial score (nSPS) is 13.9. The van der Waals surface area contributed by atoms with E-state index in [1.165, 1.54) is 188 Å². The quantitative estimate of drug-likeness (QED) is 0.0951. The maximum Gasteiger partial charge on any atom is 0.252 e. The topological polar surface area (TPSA) is 16.3 Å². The van der Waals surface area contributed by atoms with Crippen molar-refractivity contribution in [3.8, 4) is 55.9 Å². The van der Waals surface area contributed by atoms with Crippen LogP contribution < -0.4 is 26.2 Å². The molecule has 0 unspecified atom stereocenters. The van der Waals surface area contributed by atoms with Crippen molar-refractivity contribution in [2.45, 2.75) is 295 Å². The van der Waals surface area contributed by atoms with Crippen molar-refractivity contribution in [1.29, 1.82) is 0 Å². The van der Waals surface area contributed by atoms with Gasteiger partial charge in [-0.2, -0.15) is 0 Å². The molecule has 0 fully saturated rings. The van der Waals surface area contributed by atoms with E-state index in [0.717, 1.165) is 67.7 Å². The molecule has 4 heterocycles. The predicted octanol–water partition coefficient (Wildman–Crippen LogP) is 34.9. The van der Waals surface area contributed by atoms with Gasteiger partial charge >= 0.3 is 0 Å². The van der Waals surface area contributed by atoms with Gasteiger partial charge in [0.25, 0.3) is 6.71 Å². The molecule has 2 aliphatic rings. The van der Waals surface area contributed by atoms with E-state index in [-0.39, 0.29) is 66.3 Å². The Balaban J connectivity index is 1.08. The predicted molar refractivity (Wildman–Crippen MR) is 588 cm³/mol. The van der Waals surface area contributed by atoms with Crippen LogP contribution in [0.3, 0.4) is 0 Å². The highest BCUT2D eigenvalue weighted by atomic mass is 15.2. The molecule has 0 saturated carbocycles. The van der Waals surface area contributed by atoms with Crippen molar-refractivity contribution in [2.24, 2.45) is 37.9 Å². The second-order valence-corrected chi connectivity index (χ2v) is 53.3. The van der Waals surface area contributed by atoms with Crippen LogP contribution in [0.5, 0.6) is 0 Å². The molecule has 0 saturated heterocycles. The van der Waals surface area contributed by atoms with E-state index in [9.17, 15) is 0 Å². The molecule has 692 valence electrons. The molecule has 0 aliphatic carbocycles. The van der Waals surface area contributed by atoms with Gasteiger partial charge in [-0.1, -0.05) is 362 Å². The van der Waals surface area contributed by atoms with Crippen LogP contribution in [0.25, 0.3) is 99.5 Å². The van der Waals surface area contributed by atoms with Gasteiger partial charge in [0.1, 0.15) is 0 Å². The number of hydrogen-bond donors (Lipinski definition) is 0. The smallest absolute Gasteiger partial charge is 0.252 e. The minimum absolute atomic E-state index is 0.0669. The van der Waals surface area contributed by atoms with Crippen LogP contribution in [0.1, 0.15) is 290 Å². The molecular formula is C129H153BN4. The summed E-state index contributed by atoms with van der Waals surface area (Å²) in [5.74, 6) is 0. The molecule has 0 spiro atoms. The van der Waals surface area contributed by atoms with Crippen LogP contribution in [0.15, 0.2) is 243 Å². The van der Waals surface area contributed by atoms with Crippen molar-refractivity contribution < 1.29 is 0 Å². The molecule has 15 aromatic rings. The molecule has 0 atom stereocenters. The highest BCUT2D eigenvalue weighted by Crippen LogP contribution is 2.55. The SMILES string of the molecule is CC(C)(C)Cc1cc2c3c(c1)N(c1cc(-c4cccc(C(C)(C)C)c4)c(CC(C)(C)C)cc1-c1cccc(C(C)(C)C)c1)c1cc(-n4c5ccc(CC(C)(C)C)cc5c5cc(CC(C)(C)C)ccc54)ccc1B3c1ccc(-n3c4ccc(CC(C)(C)C)cc4c4cc(CC(C)(C)C)ccc43)cc1N2c1cc(-c2cccc(C(C)(C)C)c2)c(CC(C)(C)C)cc1-c1cccc(C(C)(C)C)c1. The molecule has 0 bridgehead atoms. The summed E-state index contributed by atoms with van der Waals surface area (Å²) >= 11 is 0. The fraction of sp³-hybridized carbons (Fsp3) is 0.395. The zero-order chi connectivity index (χ0) is 96.6. The Morgan fingerprint density at radius 3 is 0.731 bits per heavy atom. The highest BCUT2D eigenvalue weighted by Gasteiger charge is 2.46. The van der Waals surface area contributed by atoms with E-state index in [0.29, 0.717) is 0 Å². The summed E-state index contributed by atoms with van der Waals surface area (Å²) in [7, 11) is 0. The van der Waals surface area contributed by atoms with Crippen molar-refractivity contribution in [2.75, 3.05) is 9.80 Å². The molecule has 2 aliphatic heterocycles. The first-order valence-electron chi connectivity index (χ1n) is 50.2. The number of aromatic nitrogens is 2. The fourth-order valence-electron chi connectivity index (χ4n) is 21.9. The van der Waals surface area contributed by atoms with E-state index in [2.05, 4.69) is 490 Å². The second-order valence-electron chi connectivity index (χ2n) is 53.3. The van der Waals surface area contributed by atoms with Crippen LogP contribution in [-0.4, -0.2) is 15.8 Å². The van der Waals surface area contributed by atoms with Crippen LogP contribution in [0, 0.1) is 37.9 Å². The first-order chi connectivity index (χ1) is 62.2. The third kappa shape index (κ3) is 19.7. The monoisotopic (exact) mass is 1770 g/mol. The maximum absolute atomic E-state index is 2.83. The lowest BCUT2D eigenvalue weighted by molar-refractivity contribution is 0.411. The summed E-state index contributed by atoms with van der Waals surface area (Å²) in [6, 6.07) is 99.7. The summed E-state index contributed by atoms with van der Waals surface area (Å²) < 4.78 is 5.26. The standard InChI is InChI=1S/C129H153BN4/c1-119(2,3)74-81-46-54-108-102(58-81)103-59-82(75-120(4,5)6)47-55-109(103)131(108)96-50-52-106-114(70-96)133(112-72-98(86-38-34-42-92(64-86)126(22,23)24)90(79-124(16,17)18)68-100(112)88-40-36-44-94(66-88)128(28,29)30)116-62-85(78-123(13,14)15)63-117-118(116)130(106)107-53-51-97(132-110-56-48-83(76-121(7,8)9)60-104(110)105-61-84(49-57-111(105)132)77-122(10,11)12)71-115(107)134(117)113-73-99(87-39-35-43-93(65-87)127(25,26)27)91(80-125(19,20)21)69-101(113)89-41-37-45-95(67-89)129(31,32)33/h34-73H,74-80H2,1-33H3. The number of hydrogen-bond acceptors (Lipinski definition) is 2. The lowest BCUT2D eigenvalue weighted by Gasteiger charge is -2.46. The van der Waals surface area contributed by atoms with E-state index in [4.69, 9.17) is 0 Å². The van der Waals surface area contributed by atoms with Gasteiger partial charge in [-0.15, -0.1) is 0 Å². The summed E-state index contributed by atoms with van der Waals surface area (Å²) in [5.41, 5.74) is 42.1. The van der Waals surface area contributed by atoms with Crippen molar-refractivity contribution >= 4 is 101 Å². The minimum Gasteiger partial charge on any atom is -0.311 e. The molecule has 0 radical (unpaired) electrons. The molecule has 0 N–H and O–H groups in total. The van der Waals surface area contributed by atoms with Crippen LogP contribution >= 0.6 is 0 Å². The summed E-state index contributed by atoms with van der Waals surface area (Å²) in [5, 5.41) is 5.18. The Morgan fingerprint density at radius 1 is 0.209 bits per heavy atom. The second kappa shape index (κ2) is 33.5. The Kier molecular flexibility index (Phi) is 23.7. The number of benzene rings is 13. The highest BCUT2D eigenvalue weighted by molar-refractivity contribution is 7.00. The van der Waals surface area contributed by atoms with Crippen molar-refractivity contribution in [3.05, 3.63) is 304 Å². The maximum atomic E-state index is 2.83. The fourth-order valence-corrected chi connectivity index (χ4v) is 21.9. The van der Waals surface area contributed by atoms with Gasteiger partial charge in [-0.25, -0.2) is 0 Å². The molecule has 4 nitrogen and oxygen atoms in total. The van der Waals surface area contributed by atoms with E-state index in [1.54, 1.807) is 0 Å². The summed E-state index contributed by atoms with van der Waals surface area (Å²) in [6.45, 7) is 78.7. The lowest BCUT2D eigenvalue weighted by atomic mass is 9.33. The van der Waals surface area contributed by atoms with E-state index < -0.39 is 0 Å². The number of rotatable bonds is 15.